The van der Waals surface area contributed by atoms with Gasteiger partial charge in [0.15, 0.2) is 0 Å². The minimum Gasteiger partial charge on any atom is -0.478 e. The maximum atomic E-state index is 12.7. The van der Waals surface area contributed by atoms with E-state index in [2.05, 4.69) is 10.3 Å². The summed E-state index contributed by atoms with van der Waals surface area (Å²) in [6.45, 7) is 3.19. The van der Waals surface area contributed by atoms with Gasteiger partial charge in [-0.25, -0.2) is 13.2 Å². The molecule has 28 heavy (non-hydrogen) atoms. The van der Waals surface area contributed by atoms with Gasteiger partial charge in [0, 0.05) is 24.1 Å². The van der Waals surface area contributed by atoms with Crippen molar-refractivity contribution in [1.29, 1.82) is 0 Å². The Balaban J connectivity index is 1.89. The first kappa shape index (κ1) is 19.6. The number of hydrazine groups is 1. The summed E-state index contributed by atoms with van der Waals surface area (Å²) < 4.78 is 27.1. The summed E-state index contributed by atoms with van der Waals surface area (Å²) in [5.41, 5.74) is 4.11. The number of nitrogens with one attached hydrogen (secondary N) is 2. The van der Waals surface area contributed by atoms with Crippen molar-refractivity contribution in [3.8, 4) is 0 Å². The van der Waals surface area contributed by atoms with E-state index in [4.69, 9.17) is 0 Å². The van der Waals surface area contributed by atoms with Gasteiger partial charge in [0.25, 0.3) is 15.9 Å². The summed E-state index contributed by atoms with van der Waals surface area (Å²) >= 11 is 0. The quantitative estimate of drug-likeness (QED) is 0.566. The lowest BCUT2D eigenvalue weighted by atomic mass is 10.1. The Labute approximate surface area is 161 Å². The van der Waals surface area contributed by atoms with Crippen LogP contribution in [0.15, 0.2) is 47.5 Å². The molecule has 1 amide bonds. The van der Waals surface area contributed by atoms with Crippen LogP contribution < -0.4 is 10.3 Å². The van der Waals surface area contributed by atoms with E-state index in [1.54, 1.807) is 43.8 Å². The van der Waals surface area contributed by atoms with E-state index in [1.807, 2.05) is 12.1 Å². The van der Waals surface area contributed by atoms with Crippen LogP contribution in [0.5, 0.6) is 0 Å². The van der Waals surface area contributed by atoms with Crippen LogP contribution in [0.3, 0.4) is 0 Å². The van der Waals surface area contributed by atoms with E-state index < -0.39 is 21.9 Å². The molecule has 146 valence electrons. The second-order valence-electron chi connectivity index (χ2n) is 6.45. The molecular formula is C19H19N3O5S. The number of nitrogens with zero attached hydrogens (tertiary/aromatic N) is 1. The van der Waals surface area contributed by atoms with E-state index in [1.165, 1.54) is 6.07 Å². The number of sulfonamides is 1. The first-order valence-corrected chi connectivity index (χ1v) is 9.81. The fraction of sp³-hybridized carbons (Fsp3) is 0.158. The molecule has 1 heterocycles. The zero-order valence-corrected chi connectivity index (χ0v) is 16.3. The maximum absolute atomic E-state index is 12.7. The summed E-state index contributed by atoms with van der Waals surface area (Å²) in [7, 11) is -2.39. The predicted octanol–water partition coefficient (Wildman–Crippen LogP) is 2.12. The third kappa shape index (κ3) is 3.49. The molecule has 0 saturated carbocycles. The SMILES string of the molecule is Cc1cc(C(=O)O)cc(S(=O)(=O)NNC(=O)c2cn(C)c3ccccc23)c1C. The molecule has 0 saturated heterocycles. The number of hydrogen-bond acceptors (Lipinski definition) is 4. The Hall–Kier alpha value is -3.17. The number of carboxylic acid groups (broad SMARTS) is 1. The van der Waals surface area contributed by atoms with Crippen LogP contribution >= 0.6 is 0 Å². The molecule has 9 heteroatoms. The fourth-order valence-electron chi connectivity index (χ4n) is 2.99. The third-order valence-electron chi connectivity index (χ3n) is 4.60. The average Bonchev–Trinajstić information content (AvgIpc) is 2.99. The number of amides is 1. The summed E-state index contributed by atoms with van der Waals surface area (Å²) in [5.74, 6) is -1.86. The number of carboxylic acids is 1. The van der Waals surface area contributed by atoms with Crippen LogP contribution in [0.1, 0.15) is 31.8 Å². The van der Waals surface area contributed by atoms with Crippen LogP contribution in [0.25, 0.3) is 10.9 Å². The Morgan fingerprint density at radius 3 is 2.46 bits per heavy atom. The molecule has 0 aliphatic carbocycles. The van der Waals surface area contributed by atoms with Gasteiger partial charge in [0.05, 0.1) is 16.0 Å². The van der Waals surface area contributed by atoms with Crippen molar-refractivity contribution in [2.24, 2.45) is 7.05 Å². The van der Waals surface area contributed by atoms with Gasteiger partial charge in [0.2, 0.25) is 0 Å². The zero-order chi connectivity index (χ0) is 20.6. The van der Waals surface area contributed by atoms with E-state index >= 15 is 0 Å². The molecule has 3 aromatic rings. The number of para-hydroxylation sites is 1. The summed E-state index contributed by atoms with van der Waals surface area (Å²) in [6, 6.07) is 9.70. The van der Waals surface area contributed by atoms with Gasteiger partial charge in [-0.2, -0.15) is 0 Å². The molecular weight excluding hydrogens is 382 g/mol. The minimum atomic E-state index is -4.17. The lowest BCUT2D eigenvalue weighted by Crippen LogP contribution is -2.41. The fourth-order valence-corrected chi connectivity index (χ4v) is 4.17. The Bertz CT molecular complexity index is 1210. The standard InChI is InChI=1S/C19H19N3O5S/c1-11-8-13(19(24)25)9-17(12(11)2)28(26,27)21-20-18(23)15-10-22(3)16-7-5-4-6-14(15)16/h4-10,21H,1-3H3,(H,20,23)(H,24,25). The Morgan fingerprint density at radius 2 is 1.79 bits per heavy atom. The number of carbonyl (C=O) groups is 2. The third-order valence-corrected chi connectivity index (χ3v) is 5.97. The number of aryl methyl sites for hydroxylation is 2. The number of rotatable bonds is 5. The molecule has 0 spiro atoms. The Morgan fingerprint density at radius 1 is 1.11 bits per heavy atom. The van der Waals surface area contributed by atoms with Crippen LogP contribution in [0.4, 0.5) is 0 Å². The van der Waals surface area contributed by atoms with Gasteiger partial charge in [-0.15, -0.1) is 4.83 Å². The molecule has 0 fully saturated rings. The zero-order valence-electron chi connectivity index (χ0n) is 15.5. The second kappa shape index (κ2) is 7.10. The van der Waals surface area contributed by atoms with E-state index in [0.29, 0.717) is 22.1 Å². The number of aromatic nitrogens is 1. The molecule has 0 unspecified atom stereocenters. The summed E-state index contributed by atoms with van der Waals surface area (Å²) in [5, 5.41) is 9.85. The van der Waals surface area contributed by atoms with Gasteiger partial charge in [-0.3, -0.25) is 10.2 Å². The normalized spacial score (nSPS) is 11.5. The van der Waals surface area contributed by atoms with Crippen LogP contribution in [0, 0.1) is 13.8 Å². The molecule has 8 nitrogen and oxygen atoms in total. The molecule has 0 atom stereocenters. The molecule has 0 aliphatic heterocycles. The van der Waals surface area contributed by atoms with E-state index in [-0.39, 0.29) is 10.5 Å². The largest absolute Gasteiger partial charge is 0.478 e. The van der Waals surface area contributed by atoms with Crippen molar-refractivity contribution >= 4 is 32.8 Å². The van der Waals surface area contributed by atoms with Crippen LogP contribution in [-0.4, -0.2) is 30.0 Å². The summed E-state index contributed by atoms with van der Waals surface area (Å²) in [4.78, 5) is 25.6. The van der Waals surface area contributed by atoms with Crippen LogP contribution in [-0.2, 0) is 17.1 Å². The molecule has 0 aliphatic rings. The van der Waals surface area contributed by atoms with E-state index in [0.717, 1.165) is 11.6 Å². The second-order valence-corrected chi connectivity index (χ2v) is 8.10. The Kier molecular flexibility index (Phi) is 4.97. The molecule has 2 aromatic carbocycles. The maximum Gasteiger partial charge on any atom is 0.335 e. The van der Waals surface area contributed by atoms with Crippen molar-refractivity contribution in [1.82, 2.24) is 14.8 Å². The highest BCUT2D eigenvalue weighted by Crippen LogP contribution is 2.22. The lowest BCUT2D eigenvalue weighted by molar-refractivity contribution is 0.0696. The van der Waals surface area contributed by atoms with Crippen molar-refractivity contribution < 1.29 is 23.1 Å². The van der Waals surface area contributed by atoms with Crippen molar-refractivity contribution in [2.45, 2.75) is 18.7 Å². The summed E-state index contributed by atoms with van der Waals surface area (Å²) in [6.07, 6.45) is 1.61. The predicted molar refractivity (Wildman–Crippen MR) is 104 cm³/mol. The average molecular weight is 401 g/mol. The minimum absolute atomic E-state index is 0.149. The van der Waals surface area contributed by atoms with Gasteiger partial charge in [0.1, 0.15) is 0 Å². The molecule has 3 rings (SSSR count). The molecule has 1 aromatic heterocycles. The smallest absolute Gasteiger partial charge is 0.335 e. The number of aromatic carboxylic acids is 1. The molecule has 3 N–H and O–H groups in total. The molecule has 0 bridgehead atoms. The number of hydrogen-bond donors (Lipinski definition) is 3. The van der Waals surface area contributed by atoms with E-state index in [9.17, 15) is 23.1 Å². The van der Waals surface area contributed by atoms with Gasteiger partial charge in [-0.05, 0) is 43.2 Å². The van der Waals surface area contributed by atoms with Gasteiger partial charge >= 0.3 is 5.97 Å². The number of fused-ring (bicyclic) bond motifs is 1. The monoisotopic (exact) mass is 401 g/mol. The molecule has 0 radical (unpaired) electrons. The first-order chi connectivity index (χ1) is 13.1. The lowest BCUT2D eigenvalue weighted by Gasteiger charge is -2.13. The number of benzene rings is 2. The number of carbonyl (C=O) groups excluding carboxylic acids is 1. The van der Waals surface area contributed by atoms with Crippen molar-refractivity contribution in [2.75, 3.05) is 0 Å². The highest BCUT2D eigenvalue weighted by molar-refractivity contribution is 7.89. The highest BCUT2D eigenvalue weighted by atomic mass is 32.2. The van der Waals surface area contributed by atoms with Gasteiger partial charge in [-0.1, -0.05) is 18.2 Å². The topological polar surface area (TPSA) is 118 Å². The van der Waals surface area contributed by atoms with Crippen molar-refractivity contribution in [3.63, 3.8) is 0 Å². The van der Waals surface area contributed by atoms with Crippen LogP contribution in [0.2, 0.25) is 0 Å². The highest BCUT2D eigenvalue weighted by Gasteiger charge is 2.22. The first-order valence-electron chi connectivity index (χ1n) is 8.32. The van der Waals surface area contributed by atoms with Crippen molar-refractivity contribution in [3.05, 3.63) is 64.8 Å². The van der Waals surface area contributed by atoms with Gasteiger partial charge < -0.3 is 9.67 Å².